The molecule has 0 fully saturated rings. The van der Waals surface area contributed by atoms with Crippen molar-refractivity contribution in [3.63, 3.8) is 0 Å². The van der Waals surface area contributed by atoms with E-state index in [1.807, 2.05) is 0 Å². The van der Waals surface area contributed by atoms with E-state index in [0.29, 0.717) is 0 Å². The maximum Gasteiger partial charge on any atom is -0.000682 e. The molecule has 0 saturated heterocycles. The Balaban J connectivity index is 1.43. The van der Waals surface area contributed by atoms with Crippen LogP contribution in [0.25, 0.3) is 22.3 Å². The predicted molar refractivity (Wildman–Crippen MR) is 156 cm³/mol. The topological polar surface area (TPSA) is 0 Å². The standard InChI is InChI=1S/C39H24/c1-2-6-22(7-3-1)23-12-14-24(15-13-23)32-21-29-19-26-9-5-11-31-30-10-4-8-25-18-27-16-17-28-20-33(32)39(38(29)35(26)31)37(28)36(27)34(25)30/h1-17,21H,18-20H2. The fourth-order valence-corrected chi connectivity index (χ4v) is 8.08. The Morgan fingerprint density at radius 1 is 0.333 bits per heavy atom. The molecule has 6 aromatic rings. The van der Waals surface area contributed by atoms with Crippen LogP contribution in [0.1, 0.15) is 33.4 Å². The minimum Gasteiger partial charge on any atom is -0.0622 e. The Hall–Kier alpha value is -4.68. The van der Waals surface area contributed by atoms with Gasteiger partial charge in [0.2, 0.25) is 0 Å². The third-order valence-corrected chi connectivity index (χ3v) is 9.67. The first-order valence-corrected chi connectivity index (χ1v) is 14.1. The largest absolute Gasteiger partial charge is 0.0622 e. The number of benzene rings is 6. The lowest BCUT2D eigenvalue weighted by atomic mass is 9.92. The second kappa shape index (κ2) is 7.04. The van der Waals surface area contributed by atoms with Crippen LogP contribution in [0.5, 0.6) is 0 Å². The van der Waals surface area contributed by atoms with E-state index in [4.69, 9.17) is 0 Å². The molecule has 180 valence electrons. The maximum atomic E-state index is 2.53. The summed E-state index contributed by atoms with van der Waals surface area (Å²) in [6.07, 6.45) is 3.06. The monoisotopic (exact) mass is 492 g/mol. The Kier molecular flexibility index (Phi) is 3.66. The molecule has 0 heteroatoms. The zero-order valence-electron chi connectivity index (χ0n) is 21.5. The van der Waals surface area contributed by atoms with Gasteiger partial charge in [-0.05, 0) is 123 Å². The molecular formula is C39H24. The van der Waals surface area contributed by atoms with Gasteiger partial charge in [0, 0.05) is 0 Å². The molecule has 0 aromatic heterocycles. The fourth-order valence-electron chi connectivity index (χ4n) is 8.08. The first kappa shape index (κ1) is 20.3. The van der Waals surface area contributed by atoms with Crippen LogP contribution in [0.15, 0.2) is 109 Å². The second-order valence-corrected chi connectivity index (χ2v) is 11.6. The molecule has 4 aliphatic carbocycles. The van der Waals surface area contributed by atoms with E-state index in [1.54, 1.807) is 0 Å². The van der Waals surface area contributed by atoms with Crippen molar-refractivity contribution in [2.24, 2.45) is 0 Å². The highest BCUT2D eigenvalue weighted by atomic mass is 14.3. The van der Waals surface area contributed by atoms with Gasteiger partial charge in [0.05, 0.1) is 0 Å². The van der Waals surface area contributed by atoms with Crippen LogP contribution < -0.4 is 0 Å². The highest BCUT2D eigenvalue weighted by Gasteiger charge is 2.25. The van der Waals surface area contributed by atoms with Crippen molar-refractivity contribution in [2.75, 3.05) is 0 Å². The Morgan fingerprint density at radius 2 is 0.872 bits per heavy atom. The van der Waals surface area contributed by atoms with Gasteiger partial charge in [-0.25, -0.2) is 0 Å². The molecule has 0 heterocycles. The summed E-state index contributed by atoms with van der Waals surface area (Å²) in [5.74, 6) is 0. The molecule has 0 spiro atoms. The summed E-state index contributed by atoms with van der Waals surface area (Å²) in [4.78, 5) is 0. The summed E-state index contributed by atoms with van der Waals surface area (Å²) in [5.41, 5.74) is 14.2. The average Bonchev–Trinajstić information content (AvgIpc) is 3.66. The third-order valence-electron chi connectivity index (χ3n) is 9.67. The molecule has 6 aromatic carbocycles. The summed E-state index contributed by atoms with van der Waals surface area (Å²) >= 11 is 0. The van der Waals surface area contributed by atoms with E-state index in [1.165, 1.54) is 97.4 Å². The van der Waals surface area contributed by atoms with Gasteiger partial charge in [0.15, 0.2) is 0 Å². The lowest BCUT2D eigenvalue weighted by molar-refractivity contribution is 1.18. The van der Waals surface area contributed by atoms with E-state index in [9.17, 15) is 0 Å². The van der Waals surface area contributed by atoms with Crippen molar-refractivity contribution in [2.45, 2.75) is 19.3 Å². The molecule has 0 N–H and O–H groups in total. The van der Waals surface area contributed by atoms with Crippen molar-refractivity contribution in [3.8, 4) is 22.3 Å². The molecule has 39 heavy (non-hydrogen) atoms. The highest BCUT2D eigenvalue weighted by Crippen LogP contribution is 2.39. The van der Waals surface area contributed by atoms with Crippen LogP contribution in [-0.2, 0) is 19.3 Å². The summed E-state index contributed by atoms with van der Waals surface area (Å²) in [6.45, 7) is 0. The first-order valence-electron chi connectivity index (χ1n) is 14.1. The van der Waals surface area contributed by atoms with Gasteiger partial charge >= 0.3 is 0 Å². The van der Waals surface area contributed by atoms with Gasteiger partial charge in [-0.3, -0.25) is 0 Å². The van der Waals surface area contributed by atoms with Gasteiger partial charge in [0.1, 0.15) is 0 Å². The van der Waals surface area contributed by atoms with Crippen molar-refractivity contribution >= 4 is 0 Å². The molecule has 0 nitrogen and oxygen atoms in total. The van der Waals surface area contributed by atoms with Crippen LogP contribution in [-0.4, -0.2) is 0 Å². The van der Waals surface area contributed by atoms with Crippen LogP contribution >= 0.6 is 0 Å². The van der Waals surface area contributed by atoms with E-state index < -0.39 is 0 Å². The minimum atomic E-state index is 1.01. The summed E-state index contributed by atoms with van der Waals surface area (Å²) < 4.78 is 0. The van der Waals surface area contributed by atoms with Gasteiger partial charge in [-0.15, -0.1) is 0 Å². The first-order chi connectivity index (χ1) is 19.3. The van der Waals surface area contributed by atoms with Gasteiger partial charge < -0.3 is 0 Å². The quantitative estimate of drug-likeness (QED) is 0.228. The van der Waals surface area contributed by atoms with Gasteiger partial charge in [0.25, 0.3) is 0 Å². The molecule has 0 atom stereocenters. The van der Waals surface area contributed by atoms with Crippen LogP contribution in [0.3, 0.4) is 0 Å². The molecule has 10 rings (SSSR count). The molecule has 0 saturated carbocycles. The summed E-state index contributed by atoms with van der Waals surface area (Å²) in [5, 5.41) is 11.9. The molecule has 0 bridgehead atoms. The zero-order valence-corrected chi connectivity index (χ0v) is 21.5. The van der Waals surface area contributed by atoms with Crippen LogP contribution in [0.2, 0.25) is 0 Å². The van der Waals surface area contributed by atoms with E-state index >= 15 is 0 Å². The van der Waals surface area contributed by atoms with E-state index in [2.05, 4.69) is 109 Å². The normalized spacial score (nSPS) is 13.8. The summed E-state index contributed by atoms with van der Waals surface area (Å²) in [6, 6.07) is 41.3. The van der Waals surface area contributed by atoms with Crippen molar-refractivity contribution in [3.05, 3.63) is 184 Å². The maximum absolute atomic E-state index is 2.53. The zero-order chi connectivity index (χ0) is 25.2. The van der Waals surface area contributed by atoms with E-state index in [-0.39, 0.29) is 0 Å². The van der Waals surface area contributed by atoms with E-state index in [0.717, 1.165) is 19.3 Å². The van der Waals surface area contributed by atoms with Gasteiger partial charge in [-0.2, -0.15) is 0 Å². The molecule has 0 unspecified atom stereocenters. The molecule has 0 radical (unpaired) electrons. The minimum absolute atomic E-state index is 1.01. The SMILES string of the molecule is c1ccc(-c2ccc(-c3cc4c5c6c3Cc3ccc7c(c3=6)=c3c(cccc3=c3cccc(c3=5)C4)C7)cc2)cc1. The number of hydrogen-bond donors (Lipinski definition) is 0. The van der Waals surface area contributed by atoms with Crippen molar-refractivity contribution in [1.82, 2.24) is 0 Å². The van der Waals surface area contributed by atoms with Crippen molar-refractivity contribution < 1.29 is 0 Å². The lowest BCUT2D eigenvalue weighted by Crippen LogP contribution is -1.94. The fraction of sp³-hybridized carbons (Fsp3) is 0.0769. The molecule has 0 amide bonds. The summed E-state index contributed by atoms with van der Waals surface area (Å²) in [7, 11) is 0. The Labute approximate surface area is 225 Å². The molecule has 4 aliphatic rings. The van der Waals surface area contributed by atoms with Crippen molar-refractivity contribution in [1.29, 1.82) is 0 Å². The number of rotatable bonds is 2. The molecular weight excluding hydrogens is 468 g/mol. The lowest BCUT2D eigenvalue weighted by Gasteiger charge is -2.12. The molecule has 0 aliphatic heterocycles. The Bertz CT molecular complexity index is 2490. The number of hydrogen-bond acceptors (Lipinski definition) is 0. The van der Waals surface area contributed by atoms with Crippen LogP contribution in [0.4, 0.5) is 0 Å². The highest BCUT2D eigenvalue weighted by molar-refractivity contribution is 5.75. The second-order valence-electron chi connectivity index (χ2n) is 11.6. The Morgan fingerprint density at radius 3 is 1.59 bits per heavy atom. The predicted octanol–water partition coefficient (Wildman–Crippen LogP) is 8.19. The smallest absolute Gasteiger partial charge is 0.000682 e. The average molecular weight is 493 g/mol. The van der Waals surface area contributed by atoms with Crippen LogP contribution in [0, 0.1) is 41.7 Å². The van der Waals surface area contributed by atoms with Gasteiger partial charge in [-0.1, -0.05) is 103 Å². The third kappa shape index (κ3) is 2.50.